The van der Waals surface area contributed by atoms with Gasteiger partial charge >= 0.3 is 6.03 Å². The molecule has 0 bridgehead atoms. The van der Waals surface area contributed by atoms with Crippen molar-refractivity contribution in [1.29, 1.82) is 0 Å². The fourth-order valence-electron chi connectivity index (χ4n) is 3.25. The summed E-state index contributed by atoms with van der Waals surface area (Å²) < 4.78 is 0. The van der Waals surface area contributed by atoms with Crippen LogP contribution >= 0.6 is 0 Å². The zero-order chi connectivity index (χ0) is 21.4. The number of aryl methyl sites for hydroxylation is 1. The molecule has 0 fully saturated rings. The standard InChI is InChI=1S/C23H32N4O2/c1-6-13-27(22(28)18-10-8-9-17(3)14-18)16-19-15-20(25-23(29)24-7-2)11-12-21(19)26(4)5/h8-12,14-15H,6-7,13,16H2,1-5H3,(H2,24,25,29). The smallest absolute Gasteiger partial charge is 0.319 e. The van der Waals surface area contributed by atoms with Gasteiger partial charge in [-0.25, -0.2) is 4.79 Å². The van der Waals surface area contributed by atoms with Gasteiger partial charge in [-0.15, -0.1) is 0 Å². The van der Waals surface area contributed by atoms with Crippen molar-refractivity contribution in [2.24, 2.45) is 0 Å². The zero-order valence-corrected chi connectivity index (χ0v) is 18.1. The molecule has 0 spiro atoms. The molecule has 0 aromatic heterocycles. The molecule has 2 N–H and O–H groups in total. The predicted molar refractivity (Wildman–Crippen MR) is 120 cm³/mol. The Morgan fingerprint density at radius 2 is 1.79 bits per heavy atom. The van der Waals surface area contributed by atoms with Crippen molar-refractivity contribution in [3.63, 3.8) is 0 Å². The van der Waals surface area contributed by atoms with E-state index in [1.165, 1.54) is 0 Å². The molecule has 0 unspecified atom stereocenters. The lowest BCUT2D eigenvalue weighted by Crippen LogP contribution is -2.32. The van der Waals surface area contributed by atoms with E-state index in [-0.39, 0.29) is 11.9 Å². The van der Waals surface area contributed by atoms with Crippen LogP contribution in [-0.4, -0.2) is 44.0 Å². The number of benzene rings is 2. The Balaban J connectivity index is 2.33. The van der Waals surface area contributed by atoms with Crippen LogP contribution in [0.2, 0.25) is 0 Å². The van der Waals surface area contributed by atoms with E-state index >= 15 is 0 Å². The van der Waals surface area contributed by atoms with Crippen molar-refractivity contribution in [1.82, 2.24) is 10.2 Å². The quantitative estimate of drug-likeness (QED) is 0.701. The zero-order valence-electron chi connectivity index (χ0n) is 18.1. The molecule has 3 amide bonds. The van der Waals surface area contributed by atoms with Crippen molar-refractivity contribution in [2.75, 3.05) is 37.4 Å². The second kappa shape index (κ2) is 10.5. The Morgan fingerprint density at radius 1 is 1.03 bits per heavy atom. The SMILES string of the molecule is CCCN(Cc1cc(NC(=O)NCC)ccc1N(C)C)C(=O)c1cccc(C)c1. The van der Waals surface area contributed by atoms with Crippen LogP contribution in [0.4, 0.5) is 16.2 Å². The maximum absolute atomic E-state index is 13.2. The summed E-state index contributed by atoms with van der Waals surface area (Å²) in [6.07, 6.45) is 0.867. The van der Waals surface area contributed by atoms with E-state index in [9.17, 15) is 9.59 Å². The van der Waals surface area contributed by atoms with Gasteiger partial charge < -0.3 is 20.4 Å². The fourth-order valence-corrected chi connectivity index (χ4v) is 3.25. The van der Waals surface area contributed by atoms with E-state index in [0.717, 1.165) is 23.2 Å². The number of carbonyl (C=O) groups excluding carboxylic acids is 2. The number of hydrogen-bond acceptors (Lipinski definition) is 3. The number of anilines is 2. The largest absolute Gasteiger partial charge is 0.377 e. The lowest BCUT2D eigenvalue weighted by molar-refractivity contribution is 0.0743. The lowest BCUT2D eigenvalue weighted by Gasteiger charge is -2.26. The minimum atomic E-state index is -0.239. The molecule has 0 heterocycles. The highest BCUT2D eigenvalue weighted by molar-refractivity contribution is 5.94. The van der Waals surface area contributed by atoms with Gasteiger partial charge in [-0.05, 0) is 56.2 Å². The third kappa shape index (κ3) is 6.24. The average molecular weight is 397 g/mol. The Hall–Kier alpha value is -3.02. The molecule has 6 heteroatoms. The third-order valence-corrected chi connectivity index (χ3v) is 4.56. The number of amides is 3. The minimum absolute atomic E-state index is 0.0161. The van der Waals surface area contributed by atoms with Crippen molar-refractivity contribution in [2.45, 2.75) is 33.7 Å². The highest BCUT2D eigenvalue weighted by Gasteiger charge is 2.18. The van der Waals surface area contributed by atoms with E-state index in [4.69, 9.17) is 0 Å². The normalized spacial score (nSPS) is 10.4. The summed E-state index contributed by atoms with van der Waals surface area (Å²) in [6, 6.07) is 13.2. The molecule has 0 atom stereocenters. The van der Waals surface area contributed by atoms with Gasteiger partial charge in [0.15, 0.2) is 0 Å². The maximum atomic E-state index is 13.2. The predicted octanol–water partition coefficient (Wildman–Crippen LogP) is 4.25. The molecule has 0 saturated carbocycles. The Labute approximate surface area is 173 Å². The van der Waals surface area contributed by atoms with Crippen LogP contribution < -0.4 is 15.5 Å². The number of rotatable bonds is 8. The van der Waals surface area contributed by atoms with E-state index in [1.54, 1.807) is 0 Å². The number of nitrogens with one attached hydrogen (secondary N) is 2. The second-order valence-corrected chi connectivity index (χ2v) is 7.32. The molecule has 2 rings (SSSR count). The van der Waals surface area contributed by atoms with Crippen molar-refractivity contribution in [3.8, 4) is 0 Å². The third-order valence-electron chi connectivity index (χ3n) is 4.56. The van der Waals surface area contributed by atoms with Crippen LogP contribution in [-0.2, 0) is 6.54 Å². The summed E-state index contributed by atoms with van der Waals surface area (Å²) in [4.78, 5) is 28.9. The van der Waals surface area contributed by atoms with E-state index in [1.807, 2.05) is 80.2 Å². The topological polar surface area (TPSA) is 64.7 Å². The molecular weight excluding hydrogens is 364 g/mol. The molecule has 29 heavy (non-hydrogen) atoms. The number of urea groups is 1. The van der Waals surface area contributed by atoms with Crippen molar-refractivity contribution >= 4 is 23.3 Å². The average Bonchev–Trinajstić information content (AvgIpc) is 2.67. The van der Waals surface area contributed by atoms with Crippen LogP contribution in [0.15, 0.2) is 42.5 Å². The van der Waals surface area contributed by atoms with Crippen LogP contribution in [0.3, 0.4) is 0 Å². The molecular formula is C23H32N4O2. The number of carbonyl (C=O) groups is 2. The van der Waals surface area contributed by atoms with Crippen LogP contribution in [0.1, 0.15) is 41.8 Å². The Bertz CT molecular complexity index is 849. The molecule has 156 valence electrons. The molecule has 0 aliphatic carbocycles. The lowest BCUT2D eigenvalue weighted by atomic mass is 10.1. The monoisotopic (exact) mass is 396 g/mol. The molecule has 0 radical (unpaired) electrons. The summed E-state index contributed by atoms with van der Waals surface area (Å²) in [7, 11) is 3.95. The maximum Gasteiger partial charge on any atom is 0.319 e. The fraction of sp³-hybridized carbons (Fsp3) is 0.391. The molecule has 2 aromatic rings. The van der Waals surface area contributed by atoms with Crippen molar-refractivity contribution < 1.29 is 9.59 Å². The first-order chi connectivity index (χ1) is 13.8. The van der Waals surface area contributed by atoms with Crippen molar-refractivity contribution in [3.05, 3.63) is 59.2 Å². The van der Waals surface area contributed by atoms with Crippen LogP contribution in [0, 0.1) is 6.92 Å². The van der Waals surface area contributed by atoms with Gasteiger partial charge in [-0.2, -0.15) is 0 Å². The molecule has 0 aliphatic heterocycles. The molecule has 6 nitrogen and oxygen atoms in total. The van der Waals surface area contributed by atoms with Gasteiger partial charge in [0, 0.05) is 50.7 Å². The molecule has 2 aromatic carbocycles. The second-order valence-electron chi connectivity index (χ2n) is 7.32. The Morgan fingerprint density at radius 3 is 2.41 bits per heavy atom. The van der Waals surface area contributed by atoms with Gasteiger partial charge in [-0.1, -0.05) is 24.6 Å². The van der Waals surface area contributed by atoms with E-state index in [0.29, 0.717) is 30.9 Å². The van der Waals surface area contributed by atoms with Gasteiger partial charge in [0.1, 0.15) is 0 Å². The Kier molecular flexibility index (Phi) is 8.07. The number of nitrogens with zero attached hydrogens (tertiary/aromatic N) is 2. The minimum Gasteiger partial charge on any atom is -0.377 e. The first-order valence-corrected chi connectivity index (χ1v) is 10.1. The summed E-state index contributed by atoms with van der Waals surface area (Å²) in [6.45, 7) is 7.62. The summed E-state index contributed by atoms with van der Waals surface area (Å²) in [5.41, 5.74) is 4.47. The highest BCUT2D eigenvalue weighted by atomic mass is 16.2. The first kappa shape index (κ1) is 22.3. The summed E-state index contributed by atoms with van der Waals surface area (Å²) in [5, 5.41) is 5.58. The number of hydrogen-bond donors (Lipinski definition) is 2. The molecule has 0 aliphatic rings. The van der Waals surface area contributed by atoms with E-state index < -0.39 is 0 Å². The van der Waals surface area contributed by atoms with Gasteiger partial charge in [0.25, 0.3) is 5.91 Å². The van der Waals surface area contributed by atoms with Crippen LogP contribution in [0.25, 0.3) is 0 Å². The van der Waals surface area contributed by atoms with Crippen LogP contribution in [0.5, 0.6) is 0 Å². The van der Waals surface area contributed by atoms with Gasteiger partial charge in [-0.3, -0.25) is 4.79 Å². The summed E-state index contributed by atoms with van der Waals surface area (Å²) >= 11 is 0. The summed E-state index contributed by atoms with van der Waals surface area (Å²) in [5.74, 6) is 0.0161. The first-order valence-electron chi connectivity index (χ1n) is 10.1. The highest BCUT2D eigenvalue weighted by Crippen LogP contribution is 2.25. The van der Waals surface area contributed by atoms with E-state index in [2.05, 4.69) is 17.6 Å². The molecule has 0 saturated heterocycles. The van der Waals surface area contributed by atoms with Gasteiger partial charge in [0.05, 0.1) is 0 Å². The van der Waals surface area contributed by atoms with Gasteiger partial charge in [0.2, 0.25) is 0 Å².